The van der Waals surface area contributed by atoms with E-state index in [9.17, 15) is 4.79 Å². The Morgan fingerprint density at radius 2 is 1.74 bits per heavy atom. The van der Waals surface area contributed by atoms with Crippen LogP contribution in [0.3, 0.4) is 0 Å². The zero-order valence-corrected chi connectivity index (χ0v) is 20.4. The van der Waals surface area contributed by atoms with Crippen LogP contribution >= 0.6 is 23.8 Å². The molecule has 5 rings (SSSR count). The molecular weight excluding hydrogens is 482 g/mol. The highest BCUT2D eigenvalue weighted by atomic mass is 35.5. The summed E-state index contributed by atoms with van der Waals surface area (Å²) in [4.78, 5) is 18.7. The molecule has 3 N–H and O–H groups in total. The maximum absolute atomic E-state index is 12.9. The number of ether oxygens (including phenoxy) is 2. The third kappa shape index (κ3) is 4.87. The quantitative estimate of drug-likeness (QED) is 0.270. The van der Waals surface area contributed by atoms with Crippen molar-refractivity contribution in [3.63, 3.8) is 0 Å². The molecule has 3 aromatic carbocycles. The number of fused-ring (bicyclic) bond motifs is 1. The Balaban J connectivity index is 1.53. The fourth-order valence-electron chi connectivity index (χ4n) is 4.11. The summed E-state index contributed by atoms with van der Waals surface area (Å²) >= 11 is 11.2. The molecule has 0 saturated carbocycles. The van der Waals surface area contributed by atoms with Crippen LogP contribution in [0.5, 0.6) is 11.5 Å². The van der Waals surface area contributed by atoms with Crippen LogP contribution in [0.4, 0.5) is 5.82 Å². The summed E-state index contributed by atoms with van der Waals surface area (Å²) in [6.45, 7) is 0.372. The highest BCUT2D eigenvalue weighted by Crippen LogP contribution is 2.39. The van der Waals surface area contributed by atoms with Crippen molar-refractivity contribution >= 4 is 35.3 Å². The zero-order chi connectivity index (χ0) is 24.4. The number of halogens is 1. The molecule has 0 radical (unpaired) electrons. The third-order valence-corrected chi connectivity index (χ3v) is 6.28. The molecule has 0 saturated heterocycles. The van der Waals surface area contributed by atoms with Gasteiger partial charge >= 0.3 is 0 Å². The first kappa shape index (κ1) is 23.0. The minimum Gasteiger partial charge on any atom is -0.493 e. The van der Waals surface area contributed by atoms with Crippen molar-refractivity contribution in [3.05, 3.63) is 121 Å². The second kappa shape index (κ2) is 9.82. The van der Waals surface area contributed by atoms with Gasteiger partial charge in [0.15, 0.2) is 16.3 Å². The van der Waals surface area contributed by atoms with Crippen LogP contribution in [-0.4, -0.2) is 17.1 Å². The lowest BCUT2D eigenvalue weighted by molar-refractivity contribution is 0.284. The van der Waals surface area contributed by atoms with Crippen molar-refractivity contribution in [2.24, 2.45) is 0 Å². The van der Waals surface area contributed by atoms with Crippen molar-refractivity contribution in [3.8, 4) is 11.5 Å². The number of anilines is 1. The number of methoxy groups -OCH3 is 1. The SMILES string of the molecule is COc1cc(C2C=C(c3ccccc3)Nc3[nH]c(=S)[nH]c(=O)c32)ccc1OCc1ccc(Cl)cc1. The number of aromatic amines is 2. The van der Waals surface area contributed by atoms with Gasteiger partial charge in [-0.1, -0.05) is 60.1 Å². The van der Waals surface area contributed by atoms with Gasteiger partial charge < -0.3 is 19.8 Å². The second-order valence-electron chi connectivity index (χ2n) is 8.07. The van der Waals surface area contributed by atoms with Crippen LogP contribution in [-0.2, 0) is 6.61 Å². The number of hydrogen-bond donors (Lipinski definition) is 3. The van der Waals surface area contributed by atoms with Crippen molar-refractivity contribution < 1.29 is 9.47 Å². The fraction of sp³-hybridized carbons (Fsp3) is 0.111. The van der Waals surface area contributed by atoms with Crippen molar-refractivity contribution in [1.82, 2.24) is 9.97 Å². The molecule has 1 aliphatic rings. The average molecular weight is 504 g/mol. The number of allylic oxidation sites excluding steroid dienone is 1. The first-order valence-corrected chi connectivity index (χ1v) is 11.8. The Morgan fingerprint density at radius 1 is 0.971 bits per heavy atom. The average Bonchev–Trinajstić information content (AvgIpc) is 2.88. The molecule has 35 heavy (non-hydrogen) atoms. The standard InChI is InChI=1S/C27H22ClN3O3S/c1-33-23-13-18(9-12-22(23)34-15-16-7-10-19(28)11-8-16)20-14-21(17-5-3-2-4-6-17)29-25-24(20)26(32)31-27(35)30-25/h2-14,20H,15H2,1H3,(H3,29,30,31,32,35). The number of hydrogen-bond acceptors (Lipinski definition) is 5. The largest absolute Gasteiger partial charge is 0.493 e. The van der Waals surface area contributed by atoms with Gasteiger partial charge in [-0.15, -0.1) is 0 Å². The minimum absolute atomic E-state index is 0.244. The summed E-state index contributed by atoms with van der Waals surface area (Å²) in [6, 6.07) is 23.1. The van der Waals surface area contributed by atoms with Gasteiger partial charge in [-0.25, -0.2) is 0 Å². The van der Waals surface area contributed by atoms with Crippen LogP contribution in [0.15, 0.2) is 83.7 Å². The van der Waals surface area contributed by atoms with E-state index in [1.807, 2.05) is 78.9 Å². The van der Waals surface area contributed by atoms with E-state index < -0.39 is 0 Å². The van der Waals surface area contributed by atoms with E-state index in [4.69, 9.17) is 33.3 Å². The number of benzene rings is 3. The molecule has 0 fully saturated rings. The van der Waals surface area contributed by atoms with Crippen LogP contribution in [0.1, 0.15) is 28.2 Å². The lowest BCUT2D eigenvalue weighted by atomic mass is 9.88. The summed E-state index contributed by atoms with van der Waals surface area (Å²) < 4.78 is 11.9. The molecule has 0 bridgehead atoms. The van der Waals surface area contributed by atoms with Gasteiger partial charge in [0.1, 0.15) is 12.4 Å². The van der Waals surface area contributed by atoms with E-state index in [-0.39, 0.29) is 16.2 Å². The number of nitrogens with one attached hydrogen (secondary N) is 3. The lowest BCUT2D eigenvalue weighted by Crippen LogP contribution is -2.24. The van der Waals surface area contributed by atoms with Crippen LogP contribution in [0.25, 0.3) is 5.70 Å². The monoisotopic (exact) mass is 503 g/mol. The molecule has 1 atom stereocenters. The number of H-pyrrole nitrogens is 2. The van der Waals surface area contributed by atoms with Gasteiger partial charge in [-0.05, 0) is 59.2 Å². The first-order valence-electron chi connectivity index (χ1n) is 11.0. The molecule has 0 spiro atoms. The van der Waals surface area contributed by atoms with Gasteiger partial charge in [0.25, 0.3) is 5.56 Å². The third-order valence-electron chi connectivity index (χ3n) is 5.82. The van der Waals surface area contributed by atoms with Crippen molar-refractivity contribution in [2.45, 2.75) is 12.5 Å². The molecule has 1 aromatic heterocycles. The molecule has 6 nitrogen and oxygen atoms in total. The van der Waals surface area contributed by atoms with Gasteiger partial charge in [0.2, 0.25) is 0 Å². The molecule has 1 aliphatic heterocycles. The van der Waals surface area contributed by atoms with E-state index >= 15 is 0 Å². The predicted octanol–water partition coefficient (Wildman–Crippen LogP) is 6.27. The van der Waals surface area contributed by atoms with Gasteiger partial charge in [0, 0.05) is 16.6 Å². The Bertz CT molecular complexity index is 1510. The van der Waals surface area contributed by atoms with E-state index in [0.29, 0.717) is 34.5 Å². The second-order valence-corrected chi connectivity index (χ2v) is 8.92. The fourth-order valence-corrected chi connectivity index (χ4v) is 4.43. The molecule has 4 aromatic rings. The zero-order valence-electron chi connectivity index (χ0n) is 18.8. The minimum atomic E-state index is -0.337. The molecule has 8 heteroatoms. The summed E-state index contributed by atoms with van der Waals surface area (Å²) in [5, 5.41) is 4.01. The first-order chi connectivity index (χ1) is 17.0. The number of rotatable bonds is 6. The molecule has 2 heterocycles. The summed E-state index contributed by atoms with van der Waals surface area (Å²) in [7, 11) is 1.60. The number of aromatic nitrogens is 2. The van der Waals surface area contributed by atoms with Gasteiger partial charge in [-0.3, -0.25) is 9.78 Å². The van der Waals surface area contributed by atoms with Crippen LogP contribution in [0.2, 0.25) is 5.02 Å². The summed E-state index contributed by atoms with van der Waals surface area (Å²) in [6.07, 6.45) is 2.03. The lowest BCUT2D eigenvalue weighted by Gasteiger charge is -2.26. The maximum Gasteiger partial charge on any atom is 0.257 e. The van der Waals surface area contributed by atoms with Crippen LogP contribution in [0, 0.1) is 4.77 Å². The predicted molar refractivity (Wildman–Crippen MR) is 141 cm³/mol. The van der Waals surface area contributed by atoms with E-state index in [0.717, 1.165) is 22.4 Å². The van der Waals surface area contributed by atoms with Gasteiger partial charge in [0.05, 0.1) is 12.7 Å². The summed E-state index contributed by atoms with van der Waals surface area (Å²) in [5.41, 5.74) is 4.05. The van der Waals surface area contributed by atoms with E-state index in [1.54, 1.807) is 7.11 Å². The van der Waals surface area contributed by atoms with Crippen molar-refractivity contribution in [1.29, 1.82) is 0 Å². The Morgan fingerprint density at radius 3 is 2.49 bits per heavy atom. The molecule has 1 unspecified atom stereocenters. The maximum atomic E-state index is 12.9. The van der Waals surface area contributed by atoms with Crippen molar-refractivity contribution in [2.75, 3.05) is 12.4 Å². The molecule has 176 valence electrons. The van der Waals surface area contributed by atoms with E-state index in [1.165, 1.54) is 0 Å². The molecular formula is C27H22ClN3O3S. The Kier molecular flexibility index (Phi) is 6.44. The van der Waals surface area contributed by atoms with E-state index in [2.05, 4.69) is 15.3 Å². The highest BCUT2D eigenvalue weighted by molar-refractivity contribution is 7.71. The van der Waals surface area contributed by atoms with Gasteiger partial charge in [-0.2, -0.15) is 0 Å². The molecule has 0 aliphatic carbocycles. The topological polar surface area (TPSA) is 79.1 Å². The summed E-state index contributed by atoms with van der Waals surface area (Å²) in [5.74, 6) is 1.42. The Labute approximate surface area is 212 Å². The normalized spacial score (nSPS) is 14.5. The smallest absolute Gasteiger partial charge is 0.257 e. The highest BCUT2D eigenvalue weighted by Gasteiger charge is 2.27. The molecule has 0 amide bonds. The van der Waals surface area contributed by atoms with Crippen LogP contribution < -0.4 is 20.3 Å². The Hall–Kier alpha value is -3.81.